The molecule has 0 radical (unpaired) electrons. The number of nitrogens with two attached hydrogens (primary N) is 1. The second kappa shape index (κ2) is 22.7. The van der Waals surface area contributed by atoms with Gasteiger partial charge in [-0.1, -0.05) is 101 Å². The molecule has 2 aromatic rings. The number of ether oxygens (including phenoxy) is 2. The Bertz CT molecular complexity index is 1100. The molecule has 0 spiro atoms. The van der Waals surface area contributed by atoms with Gasteiger partial charge in [-0.25, -0.2) is 4.79 Å². The van der Waals surface area contributed by atoms with E-state index in [-0.39, 0.29) is 25.9 Å². The fourth-order valence-electron chi connectivity index (χ4n) is 4.96. The molecule has 9 nitrogen and oxygen atoms in total. The van der Waals surface area contributed by atoms with Gasteiger partial charge >= 0.3 is 11.9 Å². The molecule has 2 atom stereocenters. The Morgan fingerprint density at radius 2 is 1.48 bits per heavy atom. The Labute approximate surface area is 262 Å². The maximum absolute atomic E-state index is 13.3. The SMILES string of the molecule is CCCCCCCCCCCCC[C@@H](CC(N)=O)OC(=O)[C@H](CCCC(=O)OCc1ccccc1)NC(=O)c1cccnc1. The molecule has 2 rings (SSSR count). The Hall–Kier alpha value is -3.75. The van der Waals surface area contributed by atoms with E-state index in [0.29, 0.717) is 18.4 Å². The first kappa shape index (κ1) is 36.4. The first-order chi connectivity index (χ1) is 21.4. The van der Waals surface area contributed by atoms with Crippen LogP contribution in [0.4, 0.5) is 0 Å². The Morgan fingerprint density at radius 1 is 0.818 bits per heavy atom. The molecule has 0 aliphatic heterocycles. The van der Waals surface area contributed by atoms with E-state index in [4.69, 9.17) is 15.2 Å². The molecule has 9 heteroatoms. The van der Waals surface area contributed by atoms with Crippen molar-refractivity contribution in [1.82, 2.24) is 10.3 Å². The fourth-order valence-corrected chi connectivity index (χ4v) is 4.96. The summed E-state index contributed by atoms with van der Waals surface area (Å²) in [5, 5.41) is 2.71. The molecule has 0 saturated heterocycles. The second-order valence-corrected chi connectivity index (χ2v) is 11.4. The number of primary amides is 1. The van der Waals surface area contributed by atoms with Crippen molar-refractivity contribution in [2.45, 2.75) is 128 Å². The summed E-state index contributed by atoms with van der Waals surface area (Å²) in [4.78, 5) is 54.1. The quantitative estimate of drug-likeness (QED) is 0.101. The average Bonchev–Trinajstić information content (AvgIpc) is 3.02. The van der Waals surface area contributed by atoms with Gasteiger partial charge in [0.05, 0.1) is 12.0 Å². The molecule has 3 N–H and O–H groups in total. The maximum Gasteiger partial charge on any atom is 0.328 e. The lowest BCUT2D eigenvalue weighted by atomic mass is 10.0. The third-order valence-electron chi connectivity index (χ3n) is 7.47. The van der Waals surface area contributed by atoms with Crippen molar-refractivity contribution in [3.63, 3.8) is 0 Å². The molecule has 0 saturated carbocycles. The van der Waals surface area contributed by atoms with Crippen LogP contribution in [0, 0.1) is 0 Å². The number of benzene rings is 1. The summed E-state index contributed by atoms with van der Waals surface area (Å²) in [6.45, 7) is 2.39. The van der Waals surface area contributed by atoms with E-state index in [1.165, 1.54) is 57.6 Å². The zero-order valence-corrected chi connectivity index (χ0v) is 26.3. The summed E-state index contributed by atoms with van der Waals surface area (Å²) in [5.41, 5.74) is 6.63. The van der Waals surface area contributed by atoms with Gasteiger partial charge in [0.15, 0.2) is 0 Å². The van der Waals surface area contributed by atoms with E-state index >= 15 is 0 Å². The summed E-state index contributed by atoms with van der Waals surface area (Å²) in [5.74, 6) is -2.09. The van der Waals surface area contributed by atoms with Crippen molar-refractivity contribution < 1.29 is 28.7 Å². The molecule has 2 amide bonds. The van der Waals surface area contributed by atoms with Crippen molar-refractivity contribution in [1.29, 1.82) is 0 Å². The van der Waals surface area contributed by atoms with Crippen LogP contribution in [0.3, 0.4) is 0 Å². The number of unbranched alkanes of at least 4 members (excludes halogenated alkanes) is 10. The smallest absolute Gasteiger partial charge is 0.328 e. The van der Waals surface area contributed by atoms with E-state index in [2.05, 4.69) is 17.2 Å². The minimum atomic E-state index is -1.02. The minimum absolute atomic E-state index is 0.0723. The number of nitrogens with one attached hydrogen (secondary N) is 1. The first-order valence-electron chi connectivity index (χ1n) is 16.3. The Kier molecular flexibility index (Phi) is 18.8. The van der Waals surface area contributed by atoms with Crippen LogP contribution in [0.15, 0.2) is 54.9 Å². The maximum atomic E-state index is 13.3. The Balaban J connectivity index is 1.85. The van der Waals surface area contributed by atoms with Gasteiger partial charge in [0, 0.05) is 18.8 Å². The molecule has 1 heterocycles. The largest absolute Gasteiger partial charge is 0.461 e. The number of aromatic nitrogens is 1. The van der Waals surface area contributed by atoms with Crippen LogP contribution in [0.5, 0.6) is 0 Å². The van der Waals surface area contributed by atoms with E-state index in [1.807, 2.05) is 30.3 Å². The molecule has 0 unspecified atom stereocenters. The predicted octanol–water partition coefficient (Wildman–Crippen LogP) is 6.58. The zero-order chi connectivity index (χ0) is 31.8. The van der Waals surface area contributed by atoms with Gasteiger partial charge in [0.25, 0.3) is 5.91 Å². The van der Waals surface area contributed by atoms with Crippen molar-refractivity contribution in [2.75, 3.05) is 0 Å². The zero-order valence-electron chi connectivity index (χ0n) is 26.3. The third kappa shape index (κ3) is 16.8. The number of amides is 2. The number of rotatable bonds is 24. The van der Waals surface area contributed by atoms with Gasteiger partial charge in [-0.2, -0.15) is 0 Å². The van der Waals surface area contributed by atoms with Gasteiger partial charge in [-0.3, -0.25) is 19.4 Å². The van der Waals surface area contributed by atoms with Crippen molar-refractivity contribution in [3.8, 4) is 0 Å². The molecular formula is C35H51N3O6. The van der Waals surface area contributed by atoms with Crippen LogP contribution in [0.1, 0.15) is 126 Å². The molecule has 1 aromatic heterocycles. The van der Waals surface area contributed by atoms with E-state index in [0.717, 1.165) is 24.8 Å². The lowest BCUT2D eigenvalue weighted by molar-refractivity contribution is -0.153. The fraction of sp³-hybridized carbons (Fsp3) is 0.571. The minimum Gasteiger partial charge on any atom is -0.461 e. The van der Waals surface area contributed by atoms with Crippen LogP contribution >= 0.6 is 0 Å². The molecule has 1 aromatic carbocycles. The molecule has 0 aliphatic rings. The summed E-state index contributed by atoms with van der Waals surface area (Å²) in [7, 11) is 0. The molecule has 0 fully saturated rings. The number of nitrogens with zero attached hydrogens (tertiary/aromatic N) is 1. The van der Waals surface area contributed by atoms with E-state index in [1.54, 1.807) is 18.3 Å². The van der Waals surface area contributed by atoms with Crippen molar-refractivity contribution in [2.24, 2.45) is 5.73 Å². The van der Waals surface area contributed by atoms with Gasteiger partial charge < -0.3 is 20.5 Å². The summed E-state index contributed by atoms with van der Waals surface area (Å²) < 4.78 is 11.1. The highest BCUT2D eigenvalue weighted by Gasteiger charge is 2.27. The van der Waals surface area contributed by atoms with E-state index < -0.39 is 35.9 Å². The molecule has 0 aliphatic carbocycles. The highest BCUT2D eigenvalue weighted by atomic mass is 16.5. The normalized spacial score (nSPS) is 12.2. The highest BCUT2D eigenvalue weighted by Crippen LogP contribution is 2.16. The third-order valence-corrected chi connectivity index (χ3v) is 7.47. The van der Waals surface area contributed by atoms with Crippen LogP contribution in [-0.4, -0.2) is 40.9 Å². The number of pyridine rings is 1. The van der Waals surface area contributed by atoms with Crippen LogP contribution in [0.25, 0.3) is 0 Å². The predicted molar refractivity (Wildman–Crippen MR) is 170 cm³/mol. The van der Waals surface area contributed by atoms with Crippen LogP contribution in [0.2, 0.25) is 0 Å². The number of hydrogen-bond acceptors (Lipinski definition) is 7. The molecular weight excluding hydrogens is 558 g/mol. The summed E-state index contributed by atoms with van der Waals surface area (Å²) in [6, 6.07) is 11.6. The molecule has 242 valence electrons. The number of esters is 2. The highest BCUT2D eigenvalue weighted by molar-refractivity contribution is 5.96. The molecule has 44 heavy (non-hydrogen) atoms. The van der Waals surface area contributed by atoms with Crippen molar-refractivity contribution >= 4 is 23.8 Å². The van der Waals surface area contributed by atoms with Gasteiger partial charge in [-0.15, -0.1) is 0 Å². The van der Waals surface area contributed by atoms with Crippen LogP contribution < -0.4 is 11.1 Å². The van der Waals surface area contributed by atoms with Crippen molar-refractivity contribution in [3.05, 3.63) is 66.0 Å². The average molecular weight is 610 g/mol. The van der Waals surface area contributed by atoms with Gasteiger partial charge in [-0.05, 0) is 43.4 Å². The number of hydrogen-bond donors (Lipinski definition) is 2. The first-order valence-corrected chi connectivity index (χ1v) is 16.3. The monoisotopic (exact) mass is 609 g/mol. The summed E-state index contributed by atoms with van der Waals surface area (Å²) in [6.07, 6.45) is 16.3. The number of carbonyl (C=O) groups is 4. The number of carbonyl (C=O) groups excluding carboxylic acids is 4. The lowest BCUT2D eigenvalue weighted by Crippen LogP contribution is -2.43. The van der Waals surface area contributed by atoms with Gasteiger partial charge in [0.2, 0.25) is 5.91 Å². The Morgan fingerprint density at radius 3 is 2.09 bits per heavy atom. The second-order valence-electron chi connectivity index (χ2n) is 11.4. The van der Waals surface area contributed by atoms with E-state index in [9.17, 15) is 19.2 Å². The lowest BCUT2D eigenvalue weighted by Gasteiger charge is -2.22. The summed E-state index contributed by atoms with van der Waals surface area (Å²) >= 11 is 0. The van der Waals surface area contributed by atoms with Crippen LogP contribution in [-0.2, 0) is 30.5 Å². The standard InChI is InChI=1S/C35H51N3O6/c1-2-3-4-5-6-7-8-9-10-11-15-21-30(25-32(36)39)44-35(42)31(38-34(41)29-20-17-24-37-26-29)22-16-23-33(40)43-27-28-18-13-12-14-19-28/h12-14,17-20,24,26,30-31H,2-11,15-16,21-23,25,27H2,1H3,(H2,36,39)(H,38,41)/t30-,31-/m0/s1. The topological polar surface area (TPSA) is 138 Å². The van der Waals surface area contributed by atoms with Gasteiger partial charge in [0.1, 0.15) is 18.8 Å². The molecule has 0 bridgehead atoms.